The van der Waals surface area contributed by atoms with Crippen LogP contribution in [0.3, 0.4) is 0 Å². The molecule has 3 rings (SSSR count). The van der Waals surface area contributed by atoms with Gasteiger partial charge < -0.3 is 15.0 Å². The van der Waals surface area contributed by atoms with Crippen LogP contribution in [0.2, 0.25) is 0 Å². The maximum Gasteiger partial charge on any atom is 0.573 e. The van der Waals surface area contributed by atoms with Crippen molar-refractivity contribution in [1.82, 2.24) is 5.32 Å². The number of nitrogens with zero attached hydrogens (tertiary/aromatic N) is 2. The predicted octanol–water partition coefficient (Wildman–Crippen LogP) is 7.42. The minimum atomic E-state index is -4.72. The Morgan fingerprint density at radius 3 is 2.29 bits per heavy atom. The van der Waals surface area contributed by atoms with E-state index >= 15 is 0 Å². The van der Waals surface area contributed by atoms with Crippen LogP contribution in [0.5, 0.6) is 5.75 Å². The highest BCUT2D eigenvalue weighted by molar-refractivity contribution is 7.99. The topological polar surface area (TPSA) is 53.9 Å². The maximum absolute atomic E-state index is 12.8. The predicted molar refractivity (Wildman–Crippen MR) is 149 cm³/mol. The summed E-state index contributed by atoms with van der Waals surface area (Å²) in [5.74, 6) is 0.556. The van der Waals surface area contributed by atoms with E-state index in [2.05, 4.69) is 45.7 Å². The number of carbonyl (C=O) groups is 1. The van der Waals surface area contributed by atoms with Gasteiger partial charge in [0, 0.05) is 29.6 Å². The van der Waals surface area contributed by atoms with Crippen molar-refractivity contribution in [2.45, 2.75) is 51.0 Å². The molecule has 0 spiro atoms. The largest absolute Gasteiger partial charge is 0.573 e. The van der Waals surface area contributed by atoms with Crippen LogP contribution < -0.4 is 15.0 Å². The van der Waals surface area contributed by atoms with Gasteiger partial charge in [-0.15, -0.1) is 24.9 Å². The number of anilines is 1. The molecule has 1 amide bonds. The van der Waals surface area contributed by atoms with E-state index in [1.54, 1.807) is 36.0 Å². The number of hydrogen-bond donors (Lipinski definition) is 1. The molecule has 3 aromatic carbocycles. The number of rotatable bonds is 12. The zero-order valence-electron chi connectivity index (χ0n) is 21.7. The monoisotopic (exact) mass is 543 g/mol. The zero-order chi connectivity index (χ0) is 27.7. The number of halogens is 3. The molecule has 1 N–H and O–H groups in total. The Balaban J connectivity index is 1.66. The van der Waals surface area contributed by atoms with E-state index in [0.717, 1.165) is 22.6 Å². The number of hydrogen-bond acceptors (Lipinski definition) is 5. The van der Waals surface area contributed by atoms with Crippen LogP contribution in [-0.2, 0) is 13.0 Å². The van der Waals surface area contributed by atoms with Gasteiger partial charge in [0.1, 0.15) is 5.75 Å². The van der Waals surface area contributed by atoms with Crippen molar-refractivity contribution in [3.8, 4) is 5.75 Å². The van der Waals surface area contributed by atoms with Gasteiger partial charge >= 0.3 is 6.36 Å². The summed E-state index contributed by atoms with van der Waals surface area (Å²) in [5.41, 5.74) is 3.78. The Morgan fingerprint density at radius 2 is 1.71 bits per heavy atom. The van der Waals surface area contributed by atoms with Crippen LogP contribution in [0.4, 0.5) is 24.5 Å². The van der Waals surface area contributed by atoms with E-state index in [-0.39, 0.29) is 17.7 Å². The van der Waals surface area contributed by atoms with Crippen LogP contribution in [0, 0.1) is 0 Å². The van der Waals surface area contributed by atoms with Crippen LogP contribution in [0.15, 0.2) is 76.6 Å². The molecule has 0 aliphatic carbocycles. The zero-order valence-corrected chi connectivity index (χ0v) is 22.5. The fourth-order valence-corrected chi connectivity index (χ4v) is 4.61. The second-order valence-corrected chi connectivity index (χ2v) is 10.2. The van der Waals surface area contributed by atoms with Crippen LogP contribution in [0.25, 0.3) is 0 Å². The first-order chi connectivity index (χ1) is 18.1. The van der Waals surface area contributed by atoms with E-state index < -0.39 is 6.36 Å². The van der Waals surface area contributed by atoms with Gasteiger partial charge in [0.25, 0.3) is 5.91 Å². The molecule has 0 bridgehead atoms. The Kier molecular flexibility index (Phi) is 10.2. The highest BCUT2D eigenvalue weighted by Crippen LogP contribution is 2.31. The molecule has 202 valence electrons. The average Bonchev–Trinajstić information content (AvgIpc) is 2.88. The molecular formula is C29H32F3N3O2S. The molecule has 0 aromatic heterocycles. The molecule has 0 fully saturated rings. The number of carbonyl (C=O) groups excluding carboxylic acids is 1. The lowest BCUT2D eigenvalue weighted by Crippen LogP contribution is -2.33. The van der Waals surface area contributed by atoms with E-state index in [9.17, 15) is 18.0 Å². The van der Waals surface area contributed by atoms with Crippen molar-refractivity contribution in [2.75, 3.05) is 17.2 Å². The SMILES string of the molecule is C=Nc1cc(C(=O)NCc2ccc(SCC)cc2)ccc1N(CCc1ccc(OC(F)(F)F)cc1)C(C)C. The third kappa shape index (κ3) is 8.55. The Bertz CT molecular complexity index is 1210. The quantitative estimate of drug-likeness (QED) is 0.191. The first-order valence-corrected chi connectivity index (χ1v) is 13.3. The molecule has 3 aromatic rings. The van der Waals surface area contributed by atoms with E-state index in [0.29, 0.717) is 30.8 Å². The highest BCUT2D eigenvalue weighted by Gasteiger charge is 2.31. The van der Waals surface area contributed by atoms with Gasteiger partial charge in [0.2, 0.25) is 0 Å². The highest BCUT2D eigenvalue weighted by atomic mass is 32.2. The second-order valence-electron chi connectivity index (χ2n) is 8.85. The summed E-state index contributed by atoms with van der Waals surface area (Å²) in [5, 5.41) is 2.95. The fourth-order valence-electron chi connectivity index (χ4n) is 3.95. The Labute approximate surface area is 226 Å². The lowest BCUT2D eigenvalue weighted by atomic mass is 10.1. The summed E-state index contributed by atoms with van der Waals surface area (Å²) in [6.45, 7) is 10.9. The summed E-state index contributed by atoms with van der Waals surface area (Å²) >= 11 is 1.77. The van der Waals surface area contributed by atoms with Crippen LogP contribution >= 0.6 is 11.8 Å². The van der Waals surface area contributed by atoms with Gasteiger partial charge in [-0.25, -0.2) is 0 Å². The molecule has 0 aliphatic rings. The molecule has 38 heavy (non-hydrogen) atoms. The molecule has 0 heterocycles. The summed E-state index contributed by atoms with van der Waals surface area (Å²) < 4.78 is 41.2. The van der Waals surface area contributed by atoms with Crippen molar-refractivity contribution < 1.29 is 22.7 Å². The Hall–Kier alpha value is -3.46. The van der Waals surface area contributed by atoms with Gasteiger partial charge in [-0.1, -0.05) is 31.2 Å². The number of nitrogens with one attached hydrogen (secondary N) is 1. The summed E-state index contributed by atoms with van der Waals surface area (Å²) in [6.07, 6.45) is -4.12. The summed E-state index contributed by atoms with van der Waals surface area (Å²) in [6, 6.07) is 19.4. The minimum Gasteiger partial charge on any atom is -0.406 e. The molecule has 0 atom stereocenters. The fraction of sp³-hybridized carbons (Fsp3) is 0.310. The lowest BCUT2D eigenvalue weighted by Gasteiger charge is -2.30. The van der Waals surface area contributed by atoms with E-state index in [4.69, 9.17) is 0 Å². The van der Waals surface area contributed by atoms with Gasteiger partial charge in [-0.05, 0) is 86.3 Å². The van der Waals surface area contributed by atoms with E-state index in [1.165, 1.54) is 17.0 Å². The van der Waals surface area contributed by atoms with Crippen molar-refractivity contribution >= 4 is 35.8 Å². The summed E-state index contributed by atoms with van der Waals surface area (Å²) in [7, 11) is 0. The first-order valence-electron chi connectivity index (χ1n) is 12.3. The molecule has 0 unspecified atom stereocenters. The van der Waals surface area contributed by atoms with Crippen LogP contribution in [-0.4, -0.2) is 37.3 Å². The number of amides is 1. The standard InChI is InChI=1S/C29H32F3N3O2S/c1-5-38-25-13-8-22(9-14-25)19-34-28(36)23-10-15-27(26(18-23)33-4)35(20(2)3)17-16-21-6-11-24(12-7-21)37-29(30,31)32/h6-15,18,20H,4-5,16-17,19H2,1-3H3,(H,34,36). The number of benzene rings is 3. The minimum absolute atomic E-state index is 0.108. The molecule has 0 saturated carbocycles. The molecule has 9 heteroatoms. The van der Waals surface area contributed by atoms with Crippen molar-refractivity contribution in [1.29, 1.82) is 0 Å². The lowest BCUT2D eigenvalue weighted by molar-refractivity contribution is -0.274. The molecule has 0 saturated heterocycles. The van der Waals surface area contributed by atoms with Crippen LogP contribution in [0.1, 0.15) is 42.3 Å². The molecule has 0 aliphatic heterocycles. The third-order valence-electron chi connectivity index (χ3n) is 5.83. The van der Waals surface area contributed by atoms with E-state index in [1.807, 2.05) is 32.0 Å². The number of aliphatic imine (C=N–C) groups is 1. The van der Waals surface area contributed by atoms with Crippen molar-refractivity contribution in [3.63, 3.8) is 0 Å². The maximum atomic E-state index is 12.8. The Morgan fingerprint density at radius 1 is 1.05 bits per heavy atom. The van der Waals surface area contributed by atoms with Gasteiger partial charge in [0.05, 0.1) is 11.4 Å². The number of ether oxygens (including phenoxy) is 1. The number of thioether (sulfide) groups is 1. The summed E-state index contributed by atoms with van der Waals surface area (Å²) in [4.78, 5) is 20.3. The van der Waals surface area contributed by atoms with Crippen molar-refractivity contribution in [2.24, 2.45) is 4.99 Å². The molecular weight excluding hydrogens is 511 g/mol. The van der Waals surface area contributed by atoms with Gasteiger partial charge in [-0.2, -0.15) is 0 Å². The normalized spacial score (nSPS) is 11.3. The second kappa shape index (κ2) is 13.4. The van der Waals surface area contributed by atoms with Gasteiger partial charge in [-0.3, -0.25) is 9.79 Å². The molecule has 5 nitrogen and oxygen atoms in total. The smallest absolute Gasteiger partial charge is 0.406 e. The average molecular weight is 544 g/mol. The first kappa shape index (κ1) is 29.1. The van der Waals surface area contributed by atoms with Gasteiger partial charge in [0.15, 0.2) is 0 Å². The molecule has 0 radical (unpaired) electrons. The van der Waals surface area contributed by atoms with Crippen molar-refractivity contribution in [3.05, 3.63) is 83.4 Å². The number of alkyl halides is 3. The third-order valence-corrected chi connectivity index (χ3v) is 6.72.